The number of carbonyl (C=O) groups is 1. The minimum Gasteiger partial charge on any atom is -0.469 e. The number of aromatic amines is 1. The zero-order valence-corrected chi connectivity index (χ0v) is 16.2. The normalized spacial score (nSPS) is 17.1. The number of carbonyl (C=O) groups excluding carboxylic acids is 1. The minimum atomic E-state index is -3.32. The smallest absolute Gasteiger partial charge is 0.307 e. The topological polar surface area (TPSA) is 132 Å². The minimum absolute atomic E-state index is 0.173. The van der Waals surface area contributed by atoms with Crippen LogP contribution in [-0.2, 0) is 25.1 Å². The van der Waals surface area contributed by atoms with E-state index < -0.39 is 14.8 Å². The molecular formula is C16H17N3O6S2. The summed E-state index contributed by atoms with van der Waals surface area (Å²) in [5, 5.41) is 12.6. The number of H-pyrrole nitrogens is 1. The van der Waals surface area contributed by atoms with Gasteiger partial charge in [0.2, 0.25) is 0 Å². The van der Waals surface area contributed by atoms with Crippen molar-refractivity contribution in [1.29, 1.82) is 0 Å². The van der Waals surface area contributed by atoms with Gasteiger partial charge in [-0.05, 0) is 17.7 Å². The highest BCUT2D eigenvalue weighted by Gasteiger charge is 2.25. The number of nitrogens with zero attached hydrogens (tertiary/aromatic N) is 2. The predicted molar refractivity (Wildman–Crippen MR) is 103 cm³/mol. The lowest BCUT2D eigenvalue weighted by Gasteiger charge is -2.02. The second kappa shape index (κ2) is 7.31. The van der Waals surface area contributed by atoms with Crippen LogP contribution in [0.4, 0.5) is 5.69 Å². The van der Waals surface area contributed by atoms with Gasteiger partial charge in [-0.3, -0.25) is 19.9 Å². The monoisotopic (exact) mass is 411 g/mol. The lowest BCUT2D eigenvalue weighted by atomic mass is 10.1. The van der Waals surface area contributed by atoms with E-state index in [1.165, 1.54) is 24.9 Å². The summed E-state index contributed by atoms with van der Waals surface area (Å²) >= 11 is 1.44. The molecule has 1 atom stereocenters. The van der Waals surface area contributed by atoms with Crippen LogP contribution in [-0.4, -0.2) is 54.5 Å². The summed E-state index contributed by atoms with van der Waals surface area (Å²) in [6.07, 6.45) is 1.25. The van der Waals surface area contributed by atoms with E-state index in [9.17, 15) is 23.3 Å². The maximum atomic E-state index is 11.5. The largest absolute Gasteiger partial charge is 0.469 e. The van der Waals surface area contributed by atoms with E-state index in [4.69, 9.17) is 0 Å². The fourth-order valence-electron chi connectivity index (χ4n) is 2.87. The molecule has 0 saturated heterocycles. The van der Waals surface area contributed by atoms with Gasteiger partial charge in [0.1, 0.15) is 10.6 Å². The summed E-state index contributed by atoms with van der Waals surface area (Å²) in [6, 6.07) is 4.39. The number of aromatic nitrogens is 1. The third-order valence-electron chi connectivity index (χ3n) is 3.97. The van der Waals surface area contributed by atoms with Crippen LogP contribution in [0.5, 0.6) is 0 Å². The molecule has 1 aromatic carbocycles. The Hall–Kier alpha value is -2.40. The van der Waals surface area contributed by atoms with Gasteiger partial charge in [0.05, 0.1) is 35.9 Å². The average Bonchev–Trinajstić information content (AvgIpc) is 3.18. The molecule has 0 saturated carbocycles. The molecule has 1 aliphatic rings. The second-order valence-corrected chi connectivity index (χ2v) is 9.42. The third kappa shape index (κ3) is 4.48. The highest BCUT2D eigenvalue weighted by molar-refractivity contribution is 8.14. The van der Waals surface area contributed by atoms with E-state index in [0.29, 0.717) is 33.0 Å². The number of hydrogen-bond acceptors (Lipinski definition) is 8. The van der Waals surface area contributed by atoms with Gasteiger partial charge in [0.15, 0.2) is 9.84 Å². The van der Waals surface area contributed by atoms with Gasteiger partial charge in [-0.25, -0.2) is 8.42 Å². The number of fused-ring (bicyclic) bond motifs is 1. The fourth-order valence-corrected chi connectivity index (χ4v) is 4.68. The van der Waals surface area contributed by atoms with Crippen LogP contribution < -0.4 is 0 Å². The van der Waals surface area contributed by atoms with Gasteiger partial charge < -0.3 is 9.72 Å². The number of rotatable bonds is 6. The van der Waals surface area contributed by atoms with Gasteiger partial charge in [0, 0.05) is 23.5 Å². The number of benzene rings is 1. The molecule has 27 heavy (non-hydrogen) atoms. The Morgan fingerprint density at radius 1 is 1.44 bits per heavy atom. The van der Waals surface area contributed by atoms with E-state index in [2.05, 4.69) is 14.7 Å². The molecule has 1 N–H and O–H groups in total. The van der Waals surface area contributed by atoms with Crippen LogP contribution in [0.25, 0.3) is 10.9 Å². The Labute approximate surface area is 159 Å². The summed E-state index contributed by atoms with van der Waals surface area (Å²) in [7, 11) is -2.00. The molecule has 0 radical (unpaired) electrons. The number of nitrogens with one attached hydrogen (secondary N) is 1. The van der Waals surface area contributed by atoms with Crippen molar-refractivity contribution in [2.75, 3.05) is 19.1 Å². The Kier molecular flexibility index (Phi) is 5.24. The molecule has 0 fully saturated rings. The van der Waals surface area contributed by atoms with Crippen molar-refractivity contribution in [3.63, 3.8) is 0 Å². The molecule has 0 bridgehead atoms. The number of nitro benzene ring substituents is 1. The number of methoxy groups -OCH3 is 1. The predicted octanol–water partition coefficient (Wildman–Crippen LogP) is 2.05. The number of aliphatic imine (C=N–C) groups is 1. The molecule has 1 unspecified atom stereocenters. The average molecular weight is 411 g/mol. The molecular weight excluding hydrogens is 394 g/mol. The molecule has 0 spiro atoms. The van der Waals surface area contributed by atoms with Crippen LogP contribution in [0, 0.1) is 10.1 Å². The summed E-state index contributed by atoms with van der Waals surface area (Å²) in [4.78, 5) is 29.8. The van der Waals surface area contributed by atoms with Crippen molar-refractivity contribution >= 4 is 49.2 Å². The first-order valence-electron chi connectivity index (χ1n) is 7.92. The fraction of sp³-hybridized carbons (Fsp3) is 0.375. The van der Waals surface area contributed by atoms with Crippen LogP contribution in [0.1, 0.15) is 17.7 Å². The maximum Gasteiger partial charge on any atom is 0.307 e. The molecule has 0 amide bonds. The number of esters is 1. The molecule has 0 aliphatic carbocycles. The summed E-state index contributed by atoms with van der Waals surface area (Å²) in [5.74, 6) is -0.00844. The van der Waals surface area contributed by atoms with Crippen molar-refractivity contribution < 1.29 is 22.9 Å². The summed E-state index contributed by atoms with van der Waals surface area (Å²) in [6.45, 7) is 0. The van der Waals surface area contributed by atoms with E-state index >= 15 is 0 Å². The van der Waals surface area contributed by atoms with Gasteiger partial charge >= 0.3 is 5.97 Å². The quantitative estimate of drug-likeness (QED) is 0.437. The van der Waals surface area contributed by atoms with Crippen molar-refractivity contribution in [3.05, 3.63) is 39.6 Å². The third-order valence-corrected chi connectivity index (χ3v) is 5.97. The van der Waals surface area contributed by atoms with Crippen LogP contribution in [0.3, 0.4) is 0 Å². The van der Waals surface area contributed by atoms with Crippen molar-refractivity contribution in [2.24, 2.45) is 4.99 Å². The first-order valence-corrected chi connectivity index (χ1v) is 11.0. The Morgan fingerprint density at radius 3 is 2.81 bits per heavy atom. The van der Waals surface area contributed by atoms with Crippen LogP contribution in [0.15, 0.2) is 23.2 Å². The SMILES string of the molecule is COC(=O)CC1CSC(c2cc3cc(CS(C)(=O)=O)cc([N+](=O)[O-])c3[nH]2)=N1. The first kappa shape index (κ1) is 19.4. The van der Waals surface area contributed by atoms with E-state index in [0.717, 1.165) is 6.26 Å². The zero-order chi connectivity index (χ0) is 19.8. The Bertz CT molecular complexity index is 1060. The number of sulfone groups is 1. The highest BCUT2D eigenvalue weighted by atomic mass is 32.2. The van der Waals surface area contributed by atoms with E-state index in [1.54, 1.807) is 12.1 Å². The molecule has 3 rings (SSSR count). The highest BCUT2D eigenvalue weighted by Crippen LogP contribution is 2.32. The Morgan fingerprint density at radius 2 is 2.19 bits per heavy atom. The van der Waals surface area contributed by atoms with Crippen molar-refractivity contribution in [1.82, 2.24) is 4.98 Å². The molecule has 11 heteroatoms. The zero-order valence-electron chi connectivity index (χ0n) is 14.6. The summed E-state index contributed by atoms with van der Waals surface area (Å²) < 4.78 is 27.7. The number of ether oxygens (including phenoxy) is 1. The molecule has 1 aliphatic heterocycles. The van der Waals surface area contributed by atoms with Gasteiger partial charge in [-0.1, -0.05) is 0 Å². The van der Waals surface area contributed by atoms with E-state index in [1.807, 2.05) is 0 Å². The standard InChI is InChI=1S/C16H17N3O6S2/c1-25-14(20)6-11-7-26-16(17-11)12-5-10-3-9(8-27(2,23)24)4-13(19(21)22)15(10)18-12/h3-5,11,18H,6-8H2,1-2H3. The molecule has 2 aromatic rings. The van der Waals surface area contributed by atoms with Crippen molar-refractivity contribution in [3.8, 4) is 0 Å². The second-order valence-electron chi connectivity index (χ2n) is 6.27. The van der Waals surface area contributed by atoms with Gasteiger partial charge in [0.25, 0.3) is 5.69 Å². The number of nitro groups is 1. The number of thioether (sulfide) groups is 1. The van der Waals surface area contributed by atoms with Gasteiger partial charge in [-0.15, -0.1) is 11.8 Å². The lowest BCUT2D eigenvalue weighted by molar-refractivity contribution is -0.383. The Balaban J connectivity index is 1.99. The molecule has 2 heterocycles. The van der Waals surface area contributed by atoms with Gasteiger partial charge in [-0.2, -0.15) is 0 Å². The first-order chi connectivity index (χ1) is 12.7. The van der Waals surface area contributed by atoms with Crippen molar-refractivity contribution in [2.45, 2.75) is 18.2 Å². The molecule has 1 aromatic heterocycles. The maximum absolute atomic E-state index is 11.5. The molecule has 9 nitrogen and oxygen atoms in total. The lowest BCUT2D eigenvalue weighted by Crippen LogP contribution is -2.12. The van der Waals surface area contributed by atoms with Crippen LogP contribution >= 0.6 is 11.8 Å². The number of non-ortho nitro benzene ring substituents is 1. The molecule has 144 valence electrons. The van der Waals surface area contributed by atoms with Crippen LogP contribution in [0.2, 0.25) is 0 Å². The number of hydrogen-bond donors (Lipinski definition) is 1. The summed E-state index contributed by atoms with van der Waals surface area (Å²) in [5.41, 5.74) is 1.08. The van der Waals surface area contributed by atoms with E-state index in [-0.39, 0.29) is 29.9 Å².